The van der Waals surface area contributed by atoms with Gasteiger partial charge in [0, 0.05) is 19.5 Å². The van der Waals surface area contributed by atoms with Crippen LogP contribution in [0.4, 0.5) is 18.9 Å². The van der Waals surface area contributed by atoms with Crippen LogP contribution in [-0.2, 0) is 22.3 Å². The van der Waals surface area contributed by atoms with Gasteiger partial charge in [-0.2, -0.15) is 13.2 Å². The third kappa shape index (κ3) is 4.30. The minimum absolute atomic E-state index is 0.0638. The standard InChI is InChI=1S/C20H19F3N2O2/c1-13-6-8-14(9-7-13)11-24-19(27)15-10-18(26)25(12-15)17-5-3-2-4-16(17)20(21,22)23/h2-9,15H,10-12H2,1H3,(H,24,27). The monoisotopic (exact) mass is 376 g/mol. The van der Waals surface area contributed by atoms with Crippen LogP contribution in [0.5, 0.6) is 0 Å². The lowest BCUT2D eigenvalue weighted by molar-refractivity contribution is -0.137. The summed E-state index contributed by atoms with van der Waals surface area (Å²) in [6.07, 6.45) is -4.67. The third-order valence-corrected chi connectivity index (χ3v) is 4.58. The number of carbonyl (C=O) groups is 2. The zero-order chi connectivity index (χ0) is 19.6. The molecule has 0 bridgehead atoms. The van der Waals surface area contributed by atoms with Gasteiger partial charge >= 0.3 is 6.18 Å². The minimum Gasteiger partial charge on any atom is -0.352 e. The Morgan fingerprint density at radius 2 is 1.81 bits per heavy atom. The molecular weight excluding hydrogens is 357 g/mol. The van der Waals surface area contributed by atoms with Gasteiger partial charge < -0.3 is 10.2 Å². The van der Waals surface area contributed by atoms with E-state index in [0.29, 0.717) is 6.54 Å². The summed E-state index contributed by atoms with van der Waals surface area (Å²) < 4.78 is 39.6. The van der Waals surface area contributed by atoms with Crippen molar-refractivity contribution >= 4 is 17.5 Å². The number of aryl methyl sites for hydroxylation is 1. The molecule has 1 saturated heterocycles. The van der Waals surface area contributed by atoms with Gasteiger partial charge in [0.05, 0.1) is 17.2 Å². The number of para-hydroxylation sites is 1. The zero-order valence-electron chi connectivity index (χ0n) is 14.7. The Hall–Kier alpha value is -2.83. The molecule has 2 aromatic carbocycles. The van der Waals surface area contributed by atoms with Crippen LogP contribution in [0, 0.1) is 12.8 Å². The maximum Gasteiger partial charge on any atom is 0.418 e. The van der Waals surface area contributed by atoms with Gasteiger partial charge in [-0.05, 0) is 24.6 Å². The van der Waals surface area contributed by atoms with Crippen LogP contribution >= 0.6 is 0 Å². The molecule has 1 unspecified atom stereocenters. The van der Waals surface area contributed by atoms with Crippen molar-refractivity contribution in [1.82, 2.24) is 5.32 Å². The van der Waals surface area contributed by atoms with E-state index in [1.54, 1.807) is 0 Å². The first kappa shape index (κ1) is 18.9. The molecule has 1 fully saturated rings. The number of hydrogen-bond donors (Lipinski definition) is 1. The summed E-state index contributed by atoms with van der Waals surface area (Å²) in [6, 6.07) is 12.6. The Bertz CT molecular complexity index is 847. The summed E-state index contributed by atoms with van der Waals surface area (Å²) in [4.78, 5) is 25.7. The van der Waals surface area contributed by atoms with E-state index in [4.69, 9.17) is 0 Å². The molecule has 0 aromatic heterocycles. The van der Waals surface area contributed by atoms with Gasteiger partial charge in [0.25, 0.3) is 0 Å². The summed E-state index contributed by atoms with van der Waals surface area (Å²) in [5.41, 5.74) is 0.936. The molecule has 0 radical (unpaired) electrons. The Kier molecular flexibility index (Phi) is 5.21. The van der Waals surface area contributed by atoms with E-state index >= 15 is 0 Å². The van der Waals surface area contributed by atoms with Gasteiger partial charge in [-0.15, -0.1) is 0 Å². The largest absolute Gasteiger partial charge is 0.418 e. The van der Waals surface area contributed by atoms with Crippen molar-refractivity contribution in [2.24, 2.45) is 5.92 Å². The highest BCUT2D eigenvalue weighted by Gasteiger charge is 2.40. The van der Waals surface area contributed by atoms with Crippen molar-refractivity contribution < 1.29 is 22.8 Å². The molecule has 27 heavy (non-hydrogen) atoms. The summed E-state index contributed by atoms with van der Waals surface area (Å²) in [6.45, 7) is 2.20. The smallest absolute Gasteiger partial charge is 0.352 e. The molecule has 1 N–H and O–H groups in total. The Morgan fingerprint density at radius 3 is 2.48 bits per heavy atom. The van der Waals surface area contributed by atoms with Crippen molar-refractivity contribution in [2.45, 2.75) is 26.1 Å². The number of nitrogens with zero attached hydrogens (tertiary/aromatic N) is 1. The van der Waals surface area contributed by atoms with Gasteiger partial charge in [0.15, 0.2) is 0 Å². The molecule has 4 nitrogen and oxygen atoms in total. The van der Waals surface area contributed by atoms with Crippen LogP contribution in [0.25, 0.3) is 0 Å². The second-order valence-electron chi connectivity index (χ2n) is 6.62. The minimum atomic E-state index is -4.57. The average molecular weight is 376 g/mol. The van der Waals surface area contributed by atoms with Crippen LogP contribution in [0.1, 0.15) is 23.1 Å². The second kappa shape index (κ2) is 7.42. The fourth-order valence-corrected chi connectivity index (χ4v) is 3.10. The van der Waals surface area contributed by atoms with Crippen LogP contribution in [0.15, 0.2) is 48.5 Å². The lowest BCUT2D eigenvalue weighted by atomic mass is 10.1. The Labute approximate surface area is 155 Å². The number of carbonyl (C=O) groups excluding carboxylic acids is 2. The molecule has 2 aromatic rings. The fraction of sp³-hybridized carbons (Fsp3) is 0.300. The van der Waals surface area contributed by atoms with Crippen LogP contribution in [0.2, 0.25) is 0 Å². The van der Waals surface area contributed by atoms with E-state index in [0.717, 1.165) is 22.1 Å². The summed E-state index contributed by atoms with van der Waals surface area (Å²) >= 11 is 0. The molecule has 1 aliphatic rings. The third-order valence-electron chi connectivity index (χ3n) is 4.58. The van der Waals surface area contributed by atoms with E-state index in [9.17, 15) is 22.8 Å². The quantitative estimate of drug-likeness (QED) is 0.885. The zero-order valence-corrected chi connectivity index (χ0v) is 14.7. The summed E-state index contributed by atoms with van der Waals surface area (Å²) in [5, 5.41) is 2.76. The maximum atomic E-state index is 13.2. The summed E-state index contributed by atoms with van der Waals surface area (Å²) in [5.74, 6) is -1.50. The molecule has 142 valence electrons. The van der Waals surface area contributed by atoms with Gasteiger partial charge in [0.1, 0.15) is 0 Å². The van der Waals surface area contributed by atoms with Crippen LogP contribution < -0.4 is 10.2 Å². The van der Waals surface area contributed by atoms with Crippen molar-refractivity contribution in [2.75, 3.05) is 11.4 Å². The number of anilines is 1. The van der Waals surface area contributed by atoms with Crippen molar-refractivity contribution in [1.29, 1.82) is 0 Å². The number of hydrogen-bond acceptors (Lipinski definition) is 2. The highest BCUT2D eigenvalue weighted by atomic mass is 19.4. The van der Waals surface area contributed by atoms with Gasteiger partial charge in [-0.1, -0.05) is 42.0 Å². The lowest BCUT2D eigenvalue weighted by Crippen LogP contribution is -2.33. The number of halogens is 3. The molecule has 2 amide bonds. The fourth-order valence-electron chi connectivity index (χ4n) is 3.10. The molecule has 0 spiro atoms. The van der Waals surface area contributed by atoms with Crippen LogP contribution in [0.3, 0.4) is 0 Å². The van der Waals surface area contributed by atoms with Gasteiger partial charge in [-0.3, -0.25) is 9.59 Å². The van der Waals surface area contributed by atoms with E-state index in [1.807, 2.05) is 31.2 Å². The van der Waals surface area contributed by atoms with E-state index < -0.39 is 23.6 Å². The summed E-state index contributed by atoms with van der Waals surface area (Å²) in [7, 11) is 0. The van der Waals surface area contributed by atoms with E-state index in [2.05, 4.69) is 5.32 Å². The van der Waals surface area contributed by atoms with E-state index in [1.165, 1.54) is 18.2 Å². The van der Waals surface area contributed by atoms with Crippen molar-refractivity contribution in [3.63, 3.8) is 0 Å². The molecule has 3 rings (SSSR count). The Balaban J connectivity index is 1.69. The Morgan fingerprint density at radius 1 is 1.15 bits per heavy atom. The second-order valence-corrected chi connectivity index (χ2v) is 6.62. The average Bonchev–Trinajstić information content (AvgIpc) is 3.02. The first-order chi connectivity index (χ1) is 12.8. The molecule has 0 aliphatic carbocycles. The first-order valence-corrected chi connectivity index (χ1v) is 8.55. The highest BCUT2D eigenvalue weighted by Crippen LogP contribution is 2.38. The number of benzene rings is 2. The van der Waals surface area contributed by atoms with Gasteiger partial charge in [0.2, 0.25) is 11.8 Å². The number of nitrogens with one attached hydrogen (secondary N) is 1. The number of rotatable bonds is 4. The normalized spacial score (nSPS) is 17.3. The molecular formula is C20H19F3N2O2. The first-order valence-electron chi connectivity index (χ1n) is 8.55. The predicted octanol–water partition coefficient (Wildman–Crippen LogP) is 3.68. The molecule has 7 heteroatoms. The molecule has 0 saturated carbocycles. The predicted molar refractivity (Wildman–Crippen MR) is 94.9 cm³/mol. The SMILES string of the molecule is Cc1ccc(CNC(=O)C2CC(=O)N(c3ccccc3C(F)(F)F)C2)cc1. The number of alkyl halides is 3. The topological polar surface area (TPSA) is 49.4 Å². The van der Waals surface area contributed by atoms with Crippen LogP contribution in [-0.4, -0.2) is 18.4 Å². The number of amides is 2. The lowest BCUT2D eigenvalue weighted by Gasteiger charge is -2.21. The molecule has 1 atom stereocenters. The van der Waals surface area contributed by atoms with Crippen molar-refractivity contribution in [3.8, 4) is 0 Å². The molecule has 1 heterocycles. The maximum absolute atomic E-state index is 13.2. The molecule has 1 aliphatic heterocycles. The van der Waals surface area contributed by atoms with E-state index in [-0.39, 0.29) is 24.6 Å². The van der Waals surface area contributed by atoms with Gasteiger partial charge in [-0.25, -0.2) is 0 Å². The highest BCUT2D eigenvalue weighted by molar-refractivity contribution is 6.00. The van der Waals surface area contributed by atoms with Crippen molar-refractivity contribution in [3.05, 3.63) is 65.2 Å².